The van der Waals surface area contributed by atoms with Crippen molar-refractivity contribution in [2.45, 2.75) is 37.8 Å². The Morgan fingerprint density at radius 2 is 2.00 bits per heavy atom. The van der Waals surface area contributed by atoms with Crippen molar-refractivity contribution in [3.63, 3.8) is 0 Å². The van der Waals surface area contributed by atoms with Gasteiger partial charge < -0.3 is 10.1 Å². The van der Waals surface area contributed by atoms with Gasteiger partial charge in [0.25, 0.3) is 11.5 Å². The topological polar surface area (TPSA) is 73.2 Å². The van der Waals surface area contributed by atoms with E-state index >= 15 is 0 Å². The number of carbonyl (C=O) groups excluding carboxylic acids is 1. The summed E-state index contributed by atoms with van der Waals surface area (Å²) in [7, 11) is 1.53. The van der Waals surface area contributed by atoms with Crippen molar-refractivity contribution in [3.8, 4) is 5.75 Å². The molecule has 7 heteroatoms. The number of aryl methyl sites for hydroxylation is 1. The fourth-order valence-electron chi connectivity index (χ4n) is 2.94. The molecule has 0 radical (unpaired) electrons. The van der Waals surface area contributed by atoms with Crippen LogP contribution in [0.5, 0.6) is 5.75 Å². The van der Waals surface area contributed by atoms with Gasteiger partial charge in [0, 0.05) is 24.2 Å². The van der Waals surface area contributed by atoms with Gasteiger partial charge in [-0.1, -0.05) is 17.7 Å². The molecule has 25 heavy (non-hydrogen) atoms. The van der Waals surface area contributed by atoms with E-state index in [9.17, 15) is 9.59 Å². The zero-order valence-corrected chi connectivity index (χ0v) is 14.7. The Balaban J connectivity index is 1.51. The number of carbonyl (C=O) groups is 1. The minimum absolute atomic E-state index is 0.0887. The molecule has 1 aromatic heterocycles. The first-order valence-corrected chi connectivity index (χ1v) is 8.66. The van der Waals surface area contributed by atoms with Crippen LogP contribution in [0.3, 0.4) is 0 Å². The Bertz CT molecular complexity index is 813. The molecular formula is C18H20ClN3O3. The van der Waals surface area contributed by atoms with Gasteiger partial charge in [-0.25, -0.2) is 4.68 Å². The molecule has 1 aliphatic carbocycles. The molecule has 1 aliphatic rings. The first-order chi connectivity index (χ1) is 12.0. The number of ether oxygens (including phenoxy) is 1. The lowest BCUT2D eigenvalue weighted by Crippen LogP contribution is -2.40. The molecule has 1 N–H and O–H groups in total. The average Bonchev–Trinajstić information content (AvgIpc) is 2.59. The highest BCUT2D eigenvalue weighted by Crippen LogP contribution is 2.25. The maximum atomic E-state index is 12.3. The Kier molecular flexibility index (Phi) is 5.38. The van der Waals surface area contributed by atoms with Crippen molar-refractivity contribution in [1.82, 2.24) is 15.1 Å². The molecule has 1 amide bonds. The molecule has 132 valence electrons. The lowest BCUT2D eigenvalue weighted by Gasteiger charge is -2.29. The van der Waals surface area contributed by atoms with Crippen molar-refractivity contribution < 1.29 is 9.53 Å². The van der Waals surface area contributed by atoms with Crippen molar-refractivity contribution >= 4 is 17.5 Å². The molecule has 0 atom stereocenters. The van der Waals surface area contributed by atoms with Crippen LogP contribution in [0.4, 0.5) is 0 Å². The smallest absolute Gasteiger partial charge is 0.271 e. The SMILES string of the molecule is Cn1nc(C(=O)NC2CCC(Oc3cccc(Cl)c3)CC2)ccc1=O. The number of aromatic nitrogens is 2. The largest absolute Gasteiger partial charge is 0.490 e. The highest BCUT2D eigenvalue weighted by atomic mass is 35.5. The van der Waals surface area contributed by atoms with Gasteiger partial charge >= 0.3 is 0 Å². The van der Waals surface area contributed by atoms with E-state index in [0.717, 1.165) is 36.1 Å². The highest BCUT2D eigenvalue weighted by molar-refractivity contribution is 6.30. The van der Waals surface area contributed by atoms with E-state index in [1.165, 1.54) is 19.2 Å². The predicted molar refractivity (Wildman–Crippen MR) is 95.1 cm³/mol. The minimum Gasteiger partial charge on any atom is -0.490 e. The molecular weight excluding hydrogens is 342 g/mol. The Hall–Kier alpha value is -2.34. The normalized spacial score (nSPS) is 20.1. The van der Waals surface area contributed by atoms with Crippen molar-refractivity contribution in [1.29, 1.82) is 0 Å². The summed E-state index contributed by atoms with van der Waals surface area (Å²) in [5.41, 5.74) is 0.00891. The van der Waals surface area contributed by atoms with E-state index < -0.39 is 0 Å². The fourth-order valence-corrected chi connectivity index (χ4v) is 3.12. The Morgan fingerprint density at radius 3 is 2.68 bits per heavy atom. The average molecular weight is 362 g/mol. The summed E-state index contributed by atoms with van der Waals surface area (Å²) in [6.07, 6.45) is 3.52. The molecule has 1 saturated carbocycles. The van der Waals surface area contributed by atoms with Crippen LogP contribution in [0.15, 0.2) is 41.2 Å². The molecule has 3 rings (SSSR count). The monoisotopic (exact) mass is 361 g/mol. The van der Waals surface area contributed by atoms with Crippen LogP contribution in [0.2, 0.25) is 5.02 Å². The molecule has 0 unspecified atom stereocenters. The summed E-state index contributed by atoms with van der Waals surface area (Å²) in [5, 5.41) is 7.61. The third-order valence-electron chi connectivity index (χ3n) is 4.30. The van der Waals surface area contributed by atoms with Gasteiger partial charge in [0.1, 0.15) is 11.4 Å². The molecule has 1 heterocycles. The third kappa shape index (κ3) is 4.60. The van der Waals surface area contributed by atoms with Crippen LogP contribution in [-0.4, -0.2) is 27.8 Å². The number of nitrogens with zero attached hydrogens (tertiary/aromatic N) is 2. The number of nitrogens with one attached hydrogen (secondary N) is 1. The maximum absolute atomic E-state index is 12.3. The van der Waals surface area contributed by atoms with E-state index in [1.54, 1.807) is 6.07 Å². The molecule has 1 fully saturated rings. The van der Waals surface area contributed by atoms with Crippen LogP contribution in [0.1, 0.15) is 36.2 Å². The van der Waals surface area contributed by atoms with Crippen LogP contribution >= 0.6 is 11.6 Å². The lowest BCUT2D eigenvalue weighted by atomic mass is 9.93. The van der Waals surface area contributed by atoms with Crippen LogP contribution < -0.4 is 15.6 Å². The second-order valence-corrected chi connectivity index (χ2v) is 6.64. The minimum atomic E-state index is -0.255. The Morgan fingerprint density at radius 1 is 1.24 bits per heavy atom. The number of halogens is 1. The molecule has 2 aromatic rings. The van der Waals surface area contributed by atoms with Crippen molar-refractivity contribution in [2.24, 2.45) is 7.05 Å². The van der Waals surface area contributed by atoms with Gasteiger partial charge in [-0.3, -0.25) is 9.59 Å². The summed E-state index contributed by atoms with van der Waals surface area (Å²) in [6.45, 7) is 0. The first-order valence-electron chi connectivity index (χ1n) is 8.29. The second kappa shape index (κ2) is 7.70. The molecule has 0 spiro atoms. The third-order valence-corrected chi connectivity index (χ3v) is 4.54. The maximum Gasteiger partial charge on any atom is 0.271 e. The van der Waals surface area contributed by atoms with Crippen LogP contribution in [-0.2, 0) is 7.05 Å². The number of benzene rings is 1. The van der Waals surface area contributed by atoms with Gasteiger partial charge in [-0.2, -0.15) is 5.10 Å². The van der Waals surface area contributed by atoms with E-state index in [2.05, 4.69) is 10.4 Å². The van der Waals surface area contributed by atoms with E-state index in [4.69, 9.17) is 16.3 Å². The Labute approximate surface area is 150 Å². The number of hydrogen-bond donors (Lipinski definition) is 1. The predicted octanol–water partition coefficient (Wildman–Crippen LogP) is 2.55. The van der Waals surface area contributed by atoms with Gasteiger partial charge in [0.05, 0.1) is 6.10 Å². The van der Waals surface area contributed by atoms with Gasteiger partial charge in [0.15, 0.2) is 0 Å². The summed E-state index contributed by atoms with van der Waals surface area (Å²) < 4.78 is 7.11. The van der Waals surface area contributed by atoms with Gasteiger partial charge in [0.2, 0.25) is 0 Å². The first kappa shape index (κ1) is 17.5. The molecule has 6 nitrogen and oxygen atoms in total. The number of amides is 1. The van der Waals surface area contributed by atoms with E-state index in [-0.39, 0.29) is 29.3 Å². The highest BCUT2D eigenvalue weighted by Gasteiger charge is 2.24. The van der Waals surface area contributed by atoms with E-state index in [0.29, 0.717) is 5.02 Å². The number of rotatable bonds is 4. The molecule has 1 aromatic carbocycles. The quantitative estimate of drug-likeness (QED) is 0.908. The summed E-state index contributed by atoms with van der Waals surface area (Å²) in [5.74, 6) is 0.518. The van der Waals surface area contributed by atoms with Crippen LogP contribution in [0, 0.1) is 0 Å². The second-order valence-electron chi connectivity index (χ2n) is 6.20. The molecule has 0 aliphatic heterocycles. The number of hydrogen-bond acceptors (Lipinski definition) is 4. The van der Waals surface area contributed by atoms with Crippen molar-refractivity contribution in [2.75, 3.05) is 0 Å². The zero-order chi connectivity index (χ0) is 17.8. The van der Waals surface area contributed by atoms with Gasteiger partial charge in [-0.15, -0.1) is 0 Å². The summed E-state index contributed by atoms with van der Waals surface area (Å²) in [6, 6.07) is 10.3. The standard InChI is InChI=1S/C18H20ClN3O3/c1-22-17(23)10-9-16(21-22)18(24)20-13-5-7-14(8-6-13)25-15-4-2-3-12(19)11-15/h2-4,9-11,13-14H,5-8H2,1H3,(H,20,24). The summed E-state index contributed by atoms with van der Waals surface area (Å²) >= 11 is 5.97. The molecule has 0 bridgehead atoms. The zero-order valence-electron chi connectivity index (χ0n) is 13.9. The van der Waals surface area contributed by atoms with Crippen LogP contribution in [0.25, 0.3) is 0 Å². The van der Waals surface area contributed by atoms with Gasteiger partial charge in [-0.05, 0) is 49.9 Å². The lowest BCUT2D eigenvalue weighted by molar-refractivity contribution is 0.0887. The van der Waals surface area contributed by atoms with Crippen molar-refractivity contribution in [3.05, 3.63) is 57.5 Å². The summed E-state index contributed by atoms with van der Waals surface area (Å²) in [4.78, 5) is 23.6. The van der Waals surface area contributed by atoms with E-state index in [1.807, 2.05) is 18.2 Å². The fraction of sp³-hybridized carbons (Fsp3) is 0.389. The molecule has 0 saturated heterocycles.